The molecule has 3 N–H and O–H groups in total. The zero-order valence-corrected chi connectivity index (χ0v) is 11.8. The topological polar surface area (TPSA) is 80.5 Å². The molecule has 20 heavy (non-hydrogen) atoms. The van der Waals surface area contributed by atoms with Gasteiger partial charge < -0.3 is 11.1 Å². The second-order valence-electron chi connectivity index (χ2n) is 4.66. The minimum absolute atomic E-state index is 0.0486. The van der Waals surface area contributed by atoms with Crippen LogP contribution in [0, 0.1) is 0 Å². The maximum atomic E-state index is 11.9. The van der Waals surface area contributed by atoms with E-state index >= 15 is 0 Å². The summed E-state index contributed by atoms with van der Waals surface area (Å²) in [6.07, 6.45) is 1.43. The number of nitrogens with one attached hydrogen (secondary N) is 1. The van der Waals surface area contributed by atoms with Crippen molar-refractivity contribution in [2.24, 2.45) is 0 Å². The number of rotatable bonds is 4. The fraction of sp³-hybridized carbons (Fsp3) is 0.385. The van der Waals surface area contributed by atoms with Gasteiger partial charge in [-0.05, 0) is 24.6 Å². The minimum Gasteiger partial charge on any atom is -0.399 e. The highest BCUT2D eigenvalue weighted by atomic mass is 32.1. The predicted molar refractivity (Wildman–Crippen MR) is 79.4 cm³/mol. The van der Waals surface area contributed by atoms with Gasteiger partial charge in [0.1, 0.15) is 0 Å². The number of fused-ring (bicyclic) bond motifs is 1. The van der Waals surface area contributed by atoms with E-state index < -0.39 is 0 Å². The van der Waals surface area contributed by atoms with Crippen molar-refractivity contribution in [1.29, 1.82) is 0 Å². The molecule has 1 aromatic carbocycles. The van der Waals surface area contributed by atoms with Crippen molar-refractivity contribution in [3.63, 3.8) is 0 Å². The van der Waals surface area contributed by atoms with E-state index in [0.29, 0.717) is 23.8 Å². The van der Waals surface area contributed by atoms with E-state index in [1.54, 1.807) is 6.07 Å². The first-order valence-corrected chi connectivity index (χ1v) is 7.36. The van der Waals surface area contributed by atoms with Crippen LogP contribution in [0.25, 0.3) is 10.2 Å². The number of amides is 1. The van der Waals surface area contributed by atoms with Crippen molar-refractivity contribution in [3.05, 3.63) is 18.2 Å². The van der Waals surface area contributed by atoms with Crippen LogP contribution in [0.4, 0.5) is 10.8 Å². The van der Waals surface area contributed by atoms with Gasteiger partial charge in [0, 0.05) is 25.2 Å². The Labute approximate surface area is 120 Å². The summed E-state index contributed by atoms with van der Waals surface area (Å²) >= 11 is 1.43. The lowest BCUT2D eigenvalue weighted by atomic mass is 10.3. The predicted octanol–water partition coefficient (Wildman–Crippen LogP) is 1.84. The molecule has 2 aromatic rings. The number of nitrogens with zero attached hydrogens (tertiary/aromatic N) is 2. The molecule has 0 aliphatic carbocycles. The maximum absolute atomic E-state index is 11.9. The molecule has 2 heterocycles. The lowest BCUT2D eigenvalue weighted by Crippen LogP contribution is -2.24. The zero-order chi connectivity index (χ0) is 13.9. The van der Waals surface area contributed by atoms with Crippen LogP contribution in [-0.4, -0.2) is 35.7 Å². The van der Waals surface area contributed by atoms with Crippen LogP contribution in [0.5, 0.6) is 0 Å². The molecule has 6 nitrogen and oxygen atoms in total. The van der Waals surface area contributed by atoms with Crippen LogP contribution in [0.15, 0.2) is 18.2 Å². The third kappa shape index (κ3) is 3.06. The molecule has 1 aliphatic heterocycles. The van der Waals surface area contributed by atoms with Crippen molar-refractivity contribution in [2.45, 2.75) is 12.8 Å². The van der Waals surface area contributed by atoms with Crippen LogP contribution < -0.4 is 11.1 Å². The molecule has 1 aromatic heterocycles. The molecule has 0 unspecified atom stereocenters. The molecule has 1 aliphatic rings. The fourth-order valence-corrected chi connectivity index (χ4v) is 3.01. The molecule has 0 saturated carbocycles. The van der Waals surface area contributed by atoms with Gasteiger partial charge in [-0.25, -0.2) is 4.98 Å². The van der Waals surface area contributed by atoms with Crippen LogP contribution >= 0.6 is 11.3 Å². The normalized spacial score (nSPS) is 15.8. The number of carbonyl (C=O) groups is 1. The summed E-state index contributed by atoms with van der Waals surface area (Å²) in [5.41, 5.74) is 7.27. The lowest BCUT2D eigenvalue weighted by molar-refractivity contribution is -0.126. The summed E-state index contributed by atoms with van der Waals surface area (Å²) in [6, 6.07) is 5.52. The average molecular weight is 292 g/mol. The van der Waals surface area contributed by atoms with Crippen molar-refractivity contribution in [1.82, 2.24) is 10.0 Å². The Morgan fingerprint density at radius 1 is 1.55 bits per heavy atom. The molecular weight excluding hydrogens is 276 g/mol. The molecule has 7 heteroatoms. The van der Waals surface area contributed by atoms with E-state index in [1.165, 1.54) is 11.3 Å². The highest BCUT2D eigenvalue weighted by Gasteiger charge is 2.14. The van der Waals surface area contributed by atoms with Gasteiger partial charge in [0.05, 0.1) is 16.8 Å². The molecular formula is C13H16N4O2S. The van der Waals surface area contributed by atoms with Crippen LogP contribution in [0.1, 0.15) is 12.8 Å². The number of nitrogens with two attached hydrogens (primary N) is 1. The second-order valence-corrected chi connectivity index (χ2v) is 5.69. The van der Waals surface area contributed by atoms with Gasteiger partial charge >= 0.3 is 0 Å². The highest BCUT2D eigenvalue weighted by Crippen LogP contribution is 2.27. The Kier molecular flexibility index (Phi) is 3.81. The van der Waals surface area contributed by atoms with Gasteiger partial charge in [-0.1, -0.05) is 11.3 Å². The maximum Gasteiger partial charge on any atom is 0.227 e. The molecule has 0 spiro atoms. The Morgan fingerprint density at radius 3 is 3.25 bits per heavy atom. The number of thiazole rings is 1. The van der Waals surface area contributed by atoms with Crippen molar-refractivity contribution >= 4 is 38.3 Å². The third-order valence-electron chi connectivity index (χ3n) is 3.07. The molecule has 106 valence electrons. The van der Waals surface area contributed by atoms with E-state index in [2.05, 4.69) is 10.3 Å². The number of carbonyl (C=O) groups excluding carboxylic acids is 1. The zero-order valence-electron chi connectivity index (χ0n) is 11.0. The van der Waals surface area contributed by atoms with Crippen LogP contribution in [0.3, 0.4) is 0 Å². The molecule has 3 rings (SSSR count). The van der Waals surface area contributed by atoms with E-state index in [1.807, 2.05) is 17.2 Å². The van der Waals surface area contributed by atoms with Gasteiger partial charge in [0.25, 0.3) is 0 Å². The quantitative estimate of drug-likeness (QED) is 0.841. The number of benzene rings is 1. The van der Waals surface area contributed by atoms with E-state index in [9.17, 15) is 4.79 Å². The summed E-state index contributed by atoms with van der Waals surface area (Å²) in [6.45, 7) is 2.26. The van der Waals surface area contributed by atoms with Gasteiger partial charge in [-0.2, -0.15) is 5.06 Å². The number of aromatic nitrogens is 1. The fourth-order valence-electron chi connectivity index (χ4n) is 2.08. The minimum atomic E-state index is -0.0486. The lowest BCUT2D eigenvalue weighted by Gasteiger charge is -2.12. The summed E-state index contributed by atoms with van der Waals surface area (Å²) in [5.74, 6) is -0.0486. The van der Waals surface area contributed by atoms with E-state index in [4.69, 9.17) is 10.6 Å². The molecule has 1 saturated heterocycles. The summed E-state index contributed by atoms with van der Waals surface area (Å²) in [5, 5.41) is 5.26. The van der Waals surface area contributed by atoms with Gasteiger partial charge in [0.15, 0.2) is 5.13 Å². The molecule has 0 atom stereocenters. The smallest absolute Gasteiger partial charge is 0.227 e. The number of hydroxylamine groups is 2. The first kappa shape index (κ1) is 13.3. The Balaban J connectivity index is 1.59. The number of nitrogen functional groups attached to an aromatic ring is 1. The molecule has 0 bridgehead atoms. The monoisotopic (exact) mass is 292 g/mol. The standard InChI is InChI=1S/C13H16N4O2S/c14-9-2-3-10-11(8-9)20-13(15-10)16-12(18)4-6-17-5-1-7-19-17/h2-3,8H,1,4-7,14H2,(H,15,16,18). The van der Waals surface area contributed by atoms with Gasteiger partial charge in [-0.3, -0.25) is 9.63 Å². The van der Waals surface area contributed by atoms with E-state index in [-0.39, 0.29) is 5.91 Å². The first-order chi connectivity index (χ1) is 9.70. The van der Waals surface area contributed by atoms with Gasteiger partial charge in [0.2, 0.25) is 5.91 Å². The van der Waals surface area contributed by atoms with Crippen LogP contribution in [-0.2, 0) is 9.63 Å². The Bertz CT molecular complexity index is 622. The molecule has 1 fully saturated rings. The SMILES string of the molecule is Nc1ccc2nc(NC(=O)CCN3CCCO3)sc2c1. The molecule has 0 radical (unpaired) electrons. The second kappa shape index (κ2) is 5.74. The largest absolute Gasteiger partial charge is 0.399 e. The summed E-state index contributed by atoms with van der Waals surface area (Å²) in [4.78, 5) is 21.6. The number of anilines is 2. The number of hydrogen-bond donors (Lipinski definition) is 2. The third-order valence-corrected chi connectivity index (χ3v) is 4.01. The van der Waals surface area contributed by atoms with Gasteiger partial charge in [-0.15, -0.1) is 0 Å². The Morgan fingerprint density at radius 2 is 2.45 bits per heavy atom. The van der Waals surface area contributed by atoms with Crippen molar-refractivity contribution in [2.75, 3.05) is 30.7 Å². The van der Waals surface area contributed by atoms with Crippen molar-refractivity contribution < 1.29 is 9.63 Å². The molecule has 1 amide bonds. The first-order valence-electron chi connectivity index (χ1n) is 6.54. The summed E-state index contributed by atoms with van der Waals surface area (Å²) < 4.78 is 0.975. The summed E-state index contributed by atoms with van der Waals surface area (Å²) in [7, 11) is 0. The Hall–Kier alpha value is -1.70. The van der Waals surface area contributed by atoms with Crippen LogP contribution in [0.2, 0.25) is 0 Å². The average Bonchev–Trinajstić information content (AvgIpc) is 3.04. The van der Waals surface area contributed by atoms with E-state index in [0.717, 1.165) is 29.8 Å². The van der Waals surface area contributed by atoms with Crippen molar-refractivity contribution in [3.8, 4) is 0 Å². The highest BCUT2D eigenvalue weighted by molar-refractivity contribution is 7.22. The number of hydrogen-bond acceptors (Lipinski definition) is 6.